The van der Waals surface area contributed by atoms with Gasteiger partial charge in [-0.15, -0.1) is 0 Å². The van der Waals surface area contributed by atoms with Gasteiger partial charge < -0.3 is 15.7 Å². The van der Waals surface area contributed by atoms with Crippen molar-refractivity contribution in [3.63, 3.8) is 0 Å². The van der Waals surface area contributed by atoms with Gasteiger partial charge in [0.2, 0.25) is 17.5 Å². The van der Waals surface area contributed by atoms with Crippen LogP contribution in [-0.2, 0) is 19.2 Å². The first-order chi connectivity index (χ1) is 9.85. The number of carbonyl (C=O) groups excluding carboxylic acids is 3. The van der Waals surface area contributed by atoms with E-state index in [-0.39, 0.29) is 11.4 Å². The lowest BCUT2D eigenvalue weighted by molar-refractivity contribution is -0.139. The Morgan fingerprint density at radius 1 is 1.24 bits per heavy atom. The maximum atomic E-state index is 11.9. The topological polar surface area (TPSA) is 113 Å². The van der Waals surface area contributed by atoms with E-state index in [0.717, 1.165) is 12.2 Å². The minimum Gasteiger partial charge on any atom is -0.480 e. The molecule has 1 amide bonds. The zero-order valence-corrected chi connectivity index (χ0v) is 12.5. The SMILES string of the molecule is CSCC[C@@H](NC1=CC(=O)C(NC(C)=O)=CC1=O)C(=O)O. The maximum absolute atomic E-state index is 11.9. The van der Waals surface area contributed by atoms with Crippen LogP contribution in [-0.4, -0.2) is 46.6 Å². The second-order valence-electron chi connectivity index (χ2n) is 4.34. The first-order valence-electron chi connectivity index (χ1n) is 6.13. The fraction of sp³-hybridized carbons (Fsp3) is 0.385. The fourth-order valence-electron chi connectivity index (χ4n) is 1.64. The smallest absolute Gasteiger partial charge is 0.326 e. The summed E-state index contributed by atoms with van der Waals surface area (Å²) in [5.41, 5.74) is -0.198. The number of ketones is 2. The van der Waals surface area contributed by atoms with Crippen LogP contribution in [0.15, 0.2) is 23.5 Å². The summed E-state index contributed by atoms with van der Waals surface area (Å²) in [6, 6.07) is -0.948. The van der Waals surface area contributed by atoms with Crippen molar-refractivity contribution in [3.8, 4) is 0 Å². The molecule has 0 radical (unpaired) electrons. The summed E-state index contributed by atoms with van der Waals surface area (Å²) >= 11 is 1.48. The minimum atomic E-state index is -1.10. The van der Waals surface area contributed by atoms with E-state index in [4.69, 9.17) is 5.11 Å². The number of amides is 1. The third kappa shape index (κ3) is 5.07. The Morgan fingerprint density at radius 3 is 2.33 bits per heavy atom. The molecule has 8 heteroatoms. The van der Waals surface area contributed by atoms with E-state index in [1.54, 1.807) is 0 Å². The summed E-state index contributed by atoms with van der Waals surface area (Å²) in [5.74, 6) is -2.06. The number of carbonyl (C=O) groups is 4. The highest BCUT2D eigenvalue weighted by molar-refractivity contribution is 7.98. The second-order valence-corrected chi connectivity index (χ2v) is 5.33. The van der Waals surface area contributed by atoms with Crippen LogP contribution in [0.2, 0.25) is 0 Å². The zero-order valence-electron chi connectivity index (χ0n) is 11.6. The monoisotopic (exact) mass is 312 g/mol. The van der Waals surface area contributed by atoms with Gasteiger partial charge in [-0.05, 0) is 18.4 Å². The summed E-state index contributed by atoms with van der Waals surface area (Å²) < 4.78 is 0. The molecule has 0 bridgehead atoms. The van der Waals surface area contributed by atoms with E-state index in [0.29, 0.717) is 12.2 Å². The van der Waals surface area contributed by atoms with Crippen LogP contribution >= 0.6 is 11.8 Å². The lowest BCUT2D eigenvalue weighted by Crippen LogP contribution is -2.40. The van der Waals surface area contributed by atoms with Crippen molar-refractivity contribution >= 4 is 35.2 Å². The number of thioether (sulfide) groups is 1. The predicted octanol–water partition coefficient (Wildman–Crippen LogP) is -0.162. The molecule has 0 spiro atoms. The Labute approximate surface area is 125 Å². The second kappa shape index (κ2) is 7.63. The molecule has 0 saturated carbocycles. The van der Waals surface area contributed by atoms with Gasteiger partial charge in [0.1, 0.15) is 6.04 Å². The molecule has 1 aliphatic rings. The number of rotatable bonds is 7. The van der Waals surface area contributed by atoms with Crippen LogP contribution in [0.5, 0.6) is 0 Å². The summed E-state index contributed by atoms with van der Waals surface area (Å²) in [6.07, 6.45) is 4.15. The zero-order chi connectivity index (χ0) is 16.0. The molecule has 7 nitrogen and oxygen atoms in total. The molecule has 0 aromatic carbocycles. The first kappa shape index (κ1) is 17.0. The van der Waals surface area contributed by atoms with E-state index in [9.17, 15) is 19.2 Å². The average Bonchev–Trinajstić information content (AvgIpc) is 2.38. The van der Waals surface area contributed by atoms with E-state index in [2.05, 4.69) is 10.6 Å². The van der Waals surface area contributed by atoms with Gasteiger partial charge in [-0.1, -0.05) is 0 Å². The van der Waals surface area contributed by atoms with Gasteiger partial charge in [-0.25, -0.2) is 4.79 Å². The Morgan fingerprint density at radius 2 is 1.81 bits per heavy atom. The van der Waals surface area contributed by atoms with E-state index < -0.39 is 29.5 Å². The van der Waals surface area contributed by atoms with Crippen LogP contribution in [0.1, 0.15) is 13.3 Å². The van der Waals surface area contributed by atoms with Crippen LogP contribution < -0.4 is 10.6 Å². The van der Waals surface area contributed by atoms with Gasteiger partial charge in [-0.2, -0.15) is 11.8 Å². The third-order valence-electron chi connectivity index (χ3n) is 2.63. The minimum absolute atomic E-state index is 0.0809. The number of aliphatic carboxylic acids is 1. The van der Waals surface area contributed by atoms with Gasteiger partial charge in [0.15, 0.2) is 0 Å². The van der Waals surface area contributed by atoms with Crippen LogP contribution in [0.4, 0.5) is 0 Å². The first-order valence-corrected chi connectivity index (χ1v) is 7.52. The lowest BCUT2D eigenvalue weighted by atomic mass is 10.0. The summed E-state index contributed by atoms with van der Waals surface area (Å²) in [5, 5.41) is 13.9. The lowest BCUT2D eigenvalue weighted by Gasteiger charge is -2.19. The Hall–Kier alpha value is -2.09. The number of hydrogen-bond acceptors (Lipinski definition) is 6. The highest BCUT2D eigenvalue weighted by Gasteiger charge is 2.25. The molecule has 0 unspecified atom stereocenters. The molecule has 1 aliphatic carbocycles. The average molecular weight is 312 g/mol. The quantitative estimate of drug-likeness (QED) is 0.560. The summed E-state index contributed by atoms with van der Waals surface area (Å²) in [7, 11) is 0. The number of carboxylic acids is 1. The molecule has 0 saturated heterocycles. The van der Waals surface area contributed by atoms with Gasteiger partial charge in [-0.3, -0.25) is 14.4 Å². The summed E-state index contributed by atoms with van der Waals surface area (Å²) in [4.78, 5) is 45.6. The predicted molar refractivity (Wildman–Crippen MR) is 77.6 cm³/mol. The summed E-state index contributed by atoms with van der Waals surface area (Å²) in [6.45, 7) is 1.22. The van der Waals surface area contributed by atoms with Crippen molar-refractivity contribution in [2.45, 2.75) is 19.4 Å². The molecule has 3 N–H and O–H groups in total. The van der Waals surface area contributed by atoms with E-state index in [1.165, 1.54) is 18.7 Å². The largest absolute Gasteiger partial charge is 0.480 e. The third-order valence-corrected chi connectivity index (χ3v) is 3.27. The standard InChI is InChI=1S/C13H16N2O5S/c1-7(16)14-9-5-12(18)10(6-11(9)17)15-8(13(19)20)3-4-21-2/h5-6,8,15H,3-4H2,1-2H3,(H,14,16)(H,19,20)/t8-/m1/s1. The molecule has 0 aromatic heterocycles. The van der Waals surface area contributed by atoms with Crippen molar-refractivity contribution in [2.75, 3.05) is 12.0 Å². The fourth-order valence-corrected chi connectivity index (χ4v) is 2.11. The number of allylic oxidation sites excluding steroid dienone is 2. The molecular weight excluding hydrogens is 296 g/mol. The Balaban J connectivity index is 2.81. The van der Waals surface area contributed by atoms with Gasteiger partial charge in [0.05, 0.1) is 11.4 Å². The van der Waals surface area contributed by atoms with Crippen molar-refractivity contribution in [2.24, 2.45) is 0 Å². The molecule has 0 aromatic rings. The van der Waals surface area contributed by atoms with Crippen LogP contribution in [0, 0.1) is 0 Å². The van der Waals surface area contributed by atoms with Gasteiger partial charge in [0.25, 0.3) is 0 Å². The highest BCUT2D eigenvalue weighted by atomic mass is 32.2. The highest BCUT2D eigenvalue weighted by Crippen LogP contribution is 2.10. The Kier molecular flexibility index (Phi) is 6.16. The van der Waals surface area contributed by atoms with Crippen molar-refractivity contribution < 1.29 is 24.3 Å². The molecule has 0 heterocycles. The van der Waals surface area contributed by atoms with E-state index in [1.807, 2.05) is 6.26 Å². The normalized spacial score (nSPS) is 15.9. The van der Waals surface area contributed by atoms with Crippen LogP contribution in [0.25, 0.3) is 0 Å². The molecule has 0 fully saturated rings. The van der Waals surface area contributed by atoms with Crippen molar-refractivity contribution in [1.29, 1.82) is 0 Å². The van der Waals surface area contributed by atoms with E-state index >= 15 is 0 Å². The molecule has 114 valence electrons. The molecule has 1 atom stereocenters. The van der Waals surface area contributed by atoms with Gasteiger partial charge >= 0.3 is 5.97 Å². The van der Waals surface area contributed by atoms with Crippen molar-refractivity contribution in [1.82, 2.24) is 10.6 Å². The number of nitrogens with one attached hydrogen (secondary N) is 2. The Bertz CT molecular complexity index is 539. The van der Waals surface area contributed by atoms with Crippen molar-refractivity contribution in [3.05, 3.63) is 23.5 Å². The molecule has 1 rings (SSSR count). The van der Waals surface area contributed by atoms with Crippen LogP contribution in [0.3, 0.4) is 0 Å². The molecule has 0 aliphatic heterocycles. The molecule has 21 heavy (non-hydrogen) atoms. The maximum Gasteiger partial charge on any atom is 0.326 e. The number of hydrogen-bond donors (Lipinski definition) is 3. The number of carboxylic acid groups (broad SMARTS) is 1. The van der Waals surface area contributed by atoms with Gasteiger partial charge in [0, 0.05) is 19.1 Å². The molecular formula is C13H16N2O5S.